The molecule has 5 rings (SSSR count). The summed E-state index contributed by atoms with van der Waals surface area (Å²) in [6.07, 6.45) is 8.94. The number of allylic oxidation sites excluding steroid dienone is 1. The molecule has 5 aliphatic rings. The first-order valence-corrected chi connectivity index (χ1v) is 19.1. The zero-order chi connectivity index (χ0) is 33.4. The van der Waals surface area contributed by atoms with Gasteiger partial charge < -0.3 is 25.4 Å². The van der Waals surface area contributed by atoms with Crippen LogP contribution in [0.5, 0.6) is 0 Å². The summed E-state index contributed by atoms with van der Waals surface area (Å²) in [6.45, 7) is 20.9. The van der Waals surface area contributed by atoms with Gasteiger partial charge in [0.15, 0.2) is 0 Å². The molecule has 0 amide bonds. The van der Waals surface area contributed by atoms with E-state index < -0.39 is 23.4 Å². The first-order valence-electron chi connectivity index (χ1n) is 18.0. The third kappa shape index (κ3) is 5.22. The fraction of sp³-hybridized carbons (Fsp3) is 0.921. The minimum absolute atomic E-state index is 0.111. The molecule has 0 unspecified atom stereocenters. The predicted octanol–water partition coefficient (Wildman–Crippen LogP) is 7.57. The lowest BCUT2D eigenvalue weighted by atomic mass is 9.34. The maximum Gasteiger partial charge on any atom is 0.307 e. The first kappa shape index (κ1) is 35.7. The highest BCUT2D eigenvalue weighted by Gasteiger charge is 2.71. The lowest BCUT2D eigenvalue weighted by Crippen LogP contribution is -2.68. The highest BCUT2D eigenvalue weighted by atomic mass is 32.2. The molecule has 0 bridgehead atoms. The van der Waals surface area contributed by atoms with Crippen molar-refractivity contribution in [2.24, 2.45) is 62.4 Å². The Bertz CT molecular complexity index is 1150. The average Bonchev–Trinajstić information content (AvgIpc) is 2.96. The SMILES string of the molecule is CO[C@@H]1C[C@]2([C@H](C)O)C3=CC[C@@]4(C)[C@H](C(=O)O)[C@@](C)([C@H](C)C(C)C)CC[C@]4(C)[C@H]3CC[C@H]2C(C)(C)[C@H]1OCC1(N)CCSCC1. The highest BCUT2D eigenvalue weighted by Crippen LogP contribution is 2.74. The van der Waals surface area contributed by atoms with Gasteiger partial charge >= 0.3 is 5.97 Å². The van der Waals surface area contributed by atoms with Gasteiger partial charge in [0.2, 0.25) is 0 Å². The van der Waals surface area contributed by atoms with Crippen LogP contribution < -0.4 is 5.73 Å². The maximum absolute atomic E-state index is 13.4. The number of hydrogen-bond donors (Lipinski definition) is 3. The van der Waals surface area contributed by atoms with Crippen LogP contribution in [0.15, 0.2) is 11.6 Å². The van der Waals surface area contributed by atoms with E-state index in [1.54, 1.807) is 7.11 Å². The van der Waals surface area contributed by atoms with Crippen molar-refractivity contribution in [1.29, 1.82) is 0 Å². The fourth-order valence-electron chi connectivity index (χ4n) is 12.2. The zero-order valence-corrected chi connectivity index (χ0v) is 30.9. The lowest BCUT2D eigenvalue weighted by Gasteiger charge is -2.70. The van der Waals surface area contributed by atoms with Crippen LogP contribution in [0.3, 0.4) is 0 Å². The van der Waals surface area contributed by atoms with E-state index in [1.807, 2.05) is 18.7 Å². The standard InChI is InChI=1S/C38H65NO5S/c1-23(2)24(3)34(7)15-16-35(8)26-11-12-29-33(5,6)31(44-22-37(39)17-19-45-20-18-37)28(43-10)21-38(29,25(4)40)27(26)13-14-36(35,9)30(34)32(41)42/h13,23-26,28-31,40H,11-12,14-22,39H2,1-10H3,(H,41,42)/t24-,25+,26+,28-,29+,30-,31+,34-,35-,36+,38+/m1/s1. The maximum atomic E-state index is 13.4. The van der Waals surface area contributed by atoms with Gasteiger partial charge in [-0.15, -0.1) is 0 Å². The van der Waals surface area contributed by atoms with E-state index in [2.05, 4.69) is 61.5 Å². The normalized spacial score (nSPS) is 45.4. The Kier molecular flexibility index (Phi) is 9.58. The van der Waals surface area contributed by atoms with Crippen LogP contribution in [0.25, 0.3) is 0 Å². The number of methoxy groups -OCH3 is 1. The summed E-state index contributed by atoms with van der Waals surface area (Å²) in [5, 5.41) is 22.9. The minimum Gasteiger partial charge on any atom is -0.481 e. The summed E-state index contributed by atoms with van der Waals surface area (Å²) < 4.78 is 13.2. The summed E-state index contributed by atoms with van der Waals surface area (Å²) in [5.74, 6) is 2.30. The summed E-state index contributed by atoms with van der Waals surface area (Å²) in [7, 11) is 1.80. The number of hydrogen-bond acceptors (Lipinski definition) is 6. The smallest absolute Gasteiger partial charge is 0.307 e. The molecule has 4 fully saturated rings. The van der Waals surface area contributed by atoms with Crippen molar-refractivity contribution in [3.8, 4) is 0 Å². The summed E-state index contributed by atoms with van der Waals surface area (Å²) in [4.78, 5) is 13.4. The number of carboxylic acids is 1. The number of carbonyl (C=O) groups is 1. The van der Waals surface area contributed by atoms with E-state index in [4.69, 9.17) is 15.2 Å². The third-order valence-electron chi connectivity index (χ3n) is 15.5. The van der Waals surface area contributed by atoms with Crippen LogP contribution in [0.1, 0.15) is 114 Å². The molecule has 0 spiro atoms. The van der Waals surface area contributed by atoms with Gasteiger partial charge in [0.1, 0.15) is 0 Å². The third-order valence-corrected chi connectivity index (χ3v) is 16.4. The van der Waals surface area contributed by atoms with Gasteiger partial charge in [0.25, 0.3) is 0 Å². The van der Waals surface area contributed by atoms with Gasteiger partial charge in [-0.3, -0.25) is 4.79 Å². The van der Waals surface area contributed by atoms with Gasteiger partial charge in [0, 0.05) is 18.1 Å². The van der Waals surface area contributed by atoms with E-state index in [0.29, 0.717) is 24.9 Å². The molecule has 3 saturated carbocycles. The number of nitrogens with two attached hydrogens (primary N) is 1. The number of aliphatic carboxylic acids is 1. The van der Waals surface area contributed by atoms with E-state index in [0.717, 1.165) is 56.5 Å². The Morgan fingerprint density at radius 3 is 2.22 bits per heavy atom. The van der Waals surface area contributed by atoms with Gasteiger partial charge in [-0.2, -0.15) is 11.8 Å². The molecule has 1 aliphatic heterocycles. The summed E-state index contributed by atoms with van der Waals surface area (Å²) in [5.41, 5.74) is 6.44. The Hall–Kier alpha value is -0.600. The fourth-order valence-corrected chi connectivity index (χ4v) is 13.5. The van der Waals surface area contributed by atoms with E-state index >= 15 is 0 Å². The largest absolute Gasteiger partial charge is 0.481 e. The molecule has 258 valence electrons. The van der Waals surface area contributed by atoms with Crippen LogP contribution >= 0.6 is 11.8 Å². The molecule has 6 nitrogen and oxygen atoms in total. The molecule has 0 aromatic rings. The average molecular weight is 648 g/mol. The van der Waals surface area contributed by atoms with Gasteiger partial charge in [-0.1, -0.05) is 67.0 Å². The quantitative estimate of drug-likeness (QED) is 0.234. The number of aliphatic hydroxyl groups excluding tert-OH is 1. The number of carboxylic acid groups (broad SMARTS) is 1. The minimum atomic E-state index is -0.637. The summed E-state index contributed by atoms with van der Waals surface area (Å²) >= 11 is 1.98. The molecule has 1 heterocycles. The molecular formula is C38H65NO5S. The van der Waals surface area contributed by atoms with Crippen molar-refractivity contribution >= 4 is 17.7 Å². The summed E-state index contributed by atoms with van der Waals surface area (Å²) in [6, 6.07) is 0. The Balaban J connectivity index is 1.55. The van der Waals surface area contributed by atoms with Crippen LogP contribution in [0, 0.1) is 56.7 Å². The van der Waals surface area contributed by atoms with Gasteiger partial charge in [-0.05, 0) is 115 Å². The Morgan fingerprint density at radius 2 is 1.67 bits per heavy atom. The van der Waals surface area contributed by atoms with Crippen LogP contribution in [-0.4, -0.2) is 65.3 Å². The molecule has 4 N–H and O–H groups in total. The Morgan fingerprint density at radius 1 is 1.02 bits per heavy atom. The van der Waals surface area contributed by atoms with E-state index in [9.17, 15) is 15.0 Å². The molecule has 0 aromatic heterocycles. The second-order valence-electron chi connectivity index (χ2n) is 17.9. The number of rotatable bonds is 8. The molecule has 11 atom stereocenters. The van der Waals surface area contributed by atoms with Crippen LogP contribution in [0.2, 0.25) is 0 Å². The molecule has 1 saturated heterocycles. The van der Waals surface area contributed by atoms with Crippen molar-refractivity contribution < 1.29 is 24.5 Å². The molecule has 0 aromatic carbocycles. The molecule has 0 radical (unpaired) electrons. The first-order chi connectivity index (χ1) is 20.9. The molecular weight excluding hydrogens is 582 g/mol. The van der Waals surface area contributed by atoms with Crippen LogP contribution in [-0.2, 0) is 14.3 Å². The second kappa shape index (κ2) is 12.1. The monoisotopic (exact) mass is 647 g/mol. The molecule has 45 heavy (non-hydrogen) atoms. The van der Waals surface area contributed by atoms with Crippen molar-refractivity contribution in [2.75, 3.05) is 25.2 Å². The second-order valence-corrected chi connectivity index (χ2v) is 19.1. The van der Waals surface area contributed by atoms with Crippen molar-refractivity contribution in [3.63, 3.8) is 0 Å². The highest BCUT2D eigenvalue weighted by molar-refractivity contribution is 7.99. The molecule has 4 aliphatic carbocycles. The van der Waals surface area contributed by atoms with Gasteiger partial charge in [0.05, 0.1) is 30.8 Å². The number of aliphatic hydroxyl groups is 1. The number of ether oxygens (including phenoxy) is 2. The number of fused-ring (bicyclic) bond motifs is 5. The van der Waals surface area contributed by atoms with Crippen molar-refractivity contribution in [2.45, 2.75) is 138 Å². The Labute approximate surface area is 278 Å². The lowest BCUT2D eigenvalue weighted by molar-refractivity contribution is -0.232. The predicted molar refractivity (Wildman–Crippen MR) is 184 cm³/mol. The number of thioether (sulfide) groups is 1. The van der Waals surface area contributed by atoms with Crippen molar-refractivity contribution in [3.05, 3.63) is 11.6 Å². The topological polar surface area (TPSA) is 102 Å². The van der Waals surface area contributed by atoms with Crippen LogP contribution in [0.4, 0.5) is 0 Å². The van der Waals surface area contributed by atoms with Crippen molar-refractivity contribution in [1.82, 2.24) is 0 Å². The zero-order valence-electron chi connectivity index (χ0n) is 30.1. The molecule has 7 heteroatoms. The van der Waals surface area contributed by atoms with Gasteiger partial charge in [-0.25, -0.2) is 0 Å². The van der Waals surface area contributed by atoms with E-state index in [1.165, 1.54) is 5.57 Å². The van der Waals surface area contributed by atoms with E-state index in [-0.39, 0.29) is 51.2 Å².